The van der Waals surface area contributed by atoms with Crippen LogP contribution in [-0.4, -0.2) is 20.4 Å². The van der Waals surface area contributed by atoms with Gasteiger partial charge in [0.1, 0.15) is 5.56 Å². The summed E-state index contributed by atoms with van der Waals surface area (Å²) in [6.07, 6.45) is 5.31. The van der Waals surface area contributed by atoms with Crippen LogP contribution in [0.4, 0.5) is 5.13 Å². The molecule has 3 aromatic rings. The zero-order valence-corrected chi connectivity index (χ0v) is 15.4. The van der Waals surface area contributed by atoms with E-state index in [0.717, 1.165) is 40.8 Å². The minimum absolute atomic E-state index is 0.102. The van der Waals surface area contributed by atoms with Crippen molar-refractivity contribution < 1.29 is 4.79 Å². The number of anilines is 1. The minimum Gasteiger partial charge on any atom is -0.313 e. The van der Waals surface area contributed by atoms with Gasteiger partial charge in [-0.2, -0.15) is 0 Å². The highest BCUT2D eigenvalue weighted by atomic mass is 32.1. The van der Waals surface area contributed by atoms with Gasteiger partial charge in [0, 0.05) is 16.0 Å². The van der Waals surface area contributed by atoms with Crippen LogP contribution in [-0.2, 0) is 19.4 Å². The number of thiophene rings is 1. The minimum atomic E-state index is -0.610. The summed E-state index contributed by atoms with van der Waals surface area (Å²) in [6, 6.07) is 3.68. The van der Waals surface area contributed by atoms with Crippen molar-refractivity contribution in [2.45, 2.75) is 32.2 Å². The van der Waals surface area contributed by atoms with E-state index in [9.17, 15) is 14.4 Å². The molecule has 2 N–H and O–H groups in total. The molecule has 9 heteroatoms. The van der Waals surface area contributed by atoms with Crippen LogP contribution in [0.25, 0.3) is 0 Å². The molecule has 0 saturated heterocycles. The first-order valence-electron chi connectivity index (χ1n) is 8.26. The number of hydrogen-bond donors (Lipinski definition) is 2. The summed E-state index contributed by atoms with van der Waals surface area (Å²) in [6.45, 7) is 0.137. The van der Waals surface area contributed by atoms with E-state index in [4.69, 9.17) is 0 Å². The van der Waals surface area contributed by atoms with E-state index < -0.39 is 17.2 Å². The Labute approximate surface area is 156 Å². The molecular weight excluding hydrogens is 372 g/mol. The van der Waals surface area contributed by atoms with Crippen LogP contribution >= 0.6 is 22.7 Å². The molecule has 3 aromatic heterocycles. The highest BCUT2D eigenvalue weighted by Gasteiger charge is 2.19. The third kappa shape index (κ3) is 3.27. The van der Waals surface area contributed by atoms with E-state index in [1.54, 1.807) is 0 Å². The largest absolute Gasteiger partial charge is 0.328 e. The van der Waals surface area contributed by atoms with Crippen molar-refractivity contribution in [3.05, 3.63) is 65.6 Å². The van der Waals surface area contributed by atoms with Gasteiger partial charge in [-0.3, -0.25) is 19.5 Å². The number of nitrogens with one attached hydrogen (secondary N) is 2. The molecule has 134 valence electrons. The normalized spacial score (nSPS) is 13.4. The lowest BCUT2D eigenvalue weighted by atomic mass is 10.0. The first-order valence-corrected chi connectivity index (χ1v) is 9.96. The van der Waals surface area contributed by atoms with Crippen LogP contribution in [0.5, 0.6) is 0 Å². The Morgan fingerprint density at radius 2 is 2.15 bits per heavy atom. The number of aryl methyl sites for hydroxylation is 2. The number of H-pyrrole nitrogens is 1. The van der Waals surface area contributed by atoms with Crippen molar-refractivity contribution in [1.82, 2.24) is 14.5 Å². The predicted molar refractivity (Wildman–Crippen MR) is 101 cm³/mol. The lowest BCUT2D eigenvalue weighted by Crippen LogP contribution is -2.39. The highest BCUT2D eigenvalue weighted by molar-refractivity contribution is 7.15. The fourth-order valence-corrected chi connectivity index (χ4v) is 4.68. The monoisotopic (exact) mass is 388 g/mol. The SMILES string of the molecule is O=C(Nc1nc2c(s1)CCCC2)c1c[nH]c(=O)n(Cc2cccs2)c1=O. The molecule has 0 aliphatic heterocycles. The molecule has 0 atom stereocenters. The van der Waals surface area contributed by atoms with Gasteiger partial charge in [-0.15, -0.1) is 22.7 Å². The van der Waals surface area contributed by atoms with Crippen LogP contribution in [0.1, 0.15) is 38.6 Å². The standard InChI is InChI=1S/C17H16N4O3S2/c22-14(20-16-19-12-5-1-2-6-13(12)26-16)11-8-18-17(24)21(15(11)23)9-10-4-3-7-25-10/h3-4,7-8H,1-2,5-6,9H2,(H,18,24)(H,19,20,22). The van der Waals surface area contributed by atoms with E-state index >= 15 is 0 Å². The smallest absolute Gasteiger partial charge is 0.313 e. The fourth-order valence-electron chi connectivity index (χ4n) is 2.95. The molecule has 1 aliphatic rings. The summed E-state index contributed by atoms with van der Waals surface area (Å²) < 4.78 is 1.04. The zero-order chi connectivity index (χ0) is 18.1. The second kappa shape index (κ2) is 7.00. The Morgan fingerprint density at radius 3 is 2.92 bits per heavy atom. The van der Waals surface area contributed by atoms with Crippen LogP contribution in [0, 0.1) is 0 Å². The number of carbonyl (C=O) groups excluding carboxylic acids is 1. The number of thiazole rings is 1. The number of hydrogen-bond acceptors (Lipinski definition) is 6. The summed E-state index contributed by atoms with van der Waals surface area (Å²) >= 11 is 2.90. The van der Waals surface area contributed by atoms with E-state index in [0.29, 0.717) is 5.13 Å². The van der Waals surface area contributed by atoms with Crippen molar-refractivity contribution in [2.24, 2.45) is 0 Å². The maximum Gasteiger partial charge on any atom is 0.328 e. The van der Waals surface area contributed by atoms with Crippen LogP contribution in [0.2, 0.25) is 0 Å². The van der Waals surface area contributed by atoms with Crippen molar-refractivity contribution in [3.63, 3.8) is 0 Å². The van der Waals surface area contributed by atoms with E-state index in [1.807, 2.05) is 17.5 Å². The maximum absolute atomic E-state index is 12.6. The van der Waals surface area contributed by atoms with Gasteiger partial charge in [0.2, 0.25) is 0 Å². The Kier molecular flexibility index (Phi) is 4.56. The van der Waals surface area contributed by atoms with E-state index in [-0.39, 0.29) is 12.1 Å². The summed E-state index contributed by atoms with van der Waals surface area (Å²) in [5, 5.41) is 5.07. The van der Waals surface area contributed by atoms with Crippen LogP contribution in [0.3, 0.4) is 0 Å². The highest BCUT2D eigenvalue weighted by Crippen LogP contribution is 2.29. The molecule has 26 heavy (non-hydrogen) atoms. The van der Waals surface area contributed by atoms with Crippen molar-refractivity contribution in [1.29, 1.82) is 0 Å². The van der Waals surface area contributed by atoms with E-state index in [2.05, 4.69) is 15.3 Å². The molecule has 7 nitrogen and oxygen atoms in total. The van der Waals surface area contributed by atoms with Crippen LogP contribution < -0.4 is 16.6 Å². The molecule has 0 radical (unpaired) electrons. The summed E-state index contributed by atoms with van der Waals surface area (Å²) in [5.41, 5.74) is -0.215. The summed E-state index contributed by atoms with van der Waals surface area (Å²) in [4.78, 5) is 46.1. The van der Waals surface area contributed by atoms with Gasteiger partial charge < -0.3 is 4.98 Å². The number of aromatic nitrogens is 3. The molecule has 1 aliphatic carbocycles. The number of carbonyl (C=O) groups is 1. The molecule has 0 unspecified atom stereocenters. The second-order valence-corrected chi connectivity index (χ2v) is 8.14. The Morgan fingerprint density at radius 1 is 1.31 bits per heavy atom. The summed E-state index contributed by atoms with van der Waals surface area (Å²) in [7, 11) is 0. The molecular formula is C17H16N4O3S2. The van der Waals surface area contributed by atoms with Gasteiger partial charge in [0.15, 0.2) is 5.13 Å². The van der Waals surface area contributed by atoms with Crippen molar-refractivity contribution in [2.75, 3.05) is 5.32 Å². The van der Waals surface area contributed by atoms with Gasteiger partial charge in [-0.05, 0) is 37.1 Å². The van der Waals surface area contributed by atoms with Gasteiger partial charge in [0.05, 0.1) is 12.2 Å². The third-order valence-electron chi connectivity index (χ3n) is 4.27. The topological polar surface area (TPSA) is 96.8 Å². The quantitative estimate of drug-likeness (QED) is 0.716. The first kappa shape index (κ1) is 16.9. The number of nitrogens with zero attached hydrogens (tertiary/aromatic N) is 2. The average Bonchev–Trinajstić information content (AvgIpc) is 3.27. The number of fused-ring (bicyclic) bond motifs is 1. The molecule has 0 spiro atoms. The fraction of sp³-hybridized carbons (Fsp3) is 0.294. The Balaban J connectivity index is 1.61. The molecule has 0 bridgehead atoms. The van der Waals surface area contributed by atoms with Crippen molar-refractivity contribution in [3.8, 4) is 0 Å². The van der Waals surface area contributed by atoms with Crippen molar-refractivity contribution >= 4 is 33.7 Å². The maximum atomic E-state index is 12.6. The van der Waals surface area contributed by atoms with Gasteiger partial charge in [-0.25, -0.2) is 9.78 Å². The number of amides is 1. The number of aromatic amines is 1. The molecule has 3 heterocycles. The zero-order valence-electron chi connectivity index (χ0n) is 13.8. The van der Waals surface area contributed by atoms with Gasteiger partial charge in [0.25, 0.3) is 11.5 Å². The Bertz CT molecular complexity index is 1040. The van der Waals surface area contributed by atoms with Gasteiger partial charge >= 0.3 is 5.69 Å². The second-order valence-electron chi connectivity index (χ2n) is 6.03. The number of rotatable bonds is 4. The molecule has 1 amide bonds. The predicted octanol–water partition coefficient (Wildman–Crippen LogP) is 2.23. The third-order valence-corrected chi connectivity index (χ3v) is 6.20. The van der Waals surface area contributed by atoms with E-state index in [1.165, 1.54) is 33.7 Å². The lowest BCUT2D eigenvalue weighted by molar-refractivity contribution is 0.102. The summed E-state index contributed by atoms with van der Waals surface area (Å²) in [5.74, 6) is -0.558. The Hall–Kier alpha value is -2.52. The van der Waals surface area contributed by atoms with Crippen LogP contribution in [0.15, 0.2) is 33.3 Å². The molecule has 4 rings (SSSR count). The molecule has 0 saturated carbocycles. The first-order chi connectivity index (χ1) is 12.6. The molecule has 0 aromatic carbocycles. The average molecular weight is 388 g/mol. The van der Waals surface area contributed by atoms with Gasteiger partial charge in [-0.1, -0.05) is 6.07 Å². The molecule has 0 fully saturated rings. The lowest BCUT2D eigenvalue weighted by Gasteiger charge is -2.06.